The molecule has 0 bridgehead atoms. The van der Waals surface area contributed by atoms with Crippen LogP contribution < -0.4 is 10.6 Å². The van der Waals surface area contributed by atoms with Gasteiger partial charge in [-0.05, 0) is 36.8 Å². The first-order chi connectivity index (χ1) is 8.26. The van der Waals surface area contributed by atoms with Crippen LogP contribution in [0.1, 0.15) is 37.3 Å². The highest BCUT2D eigenvalue weighted by atomic mass is 15.1. The van der Waals surface area contributed by atoms with Gasteiger partial charge in [0.25, 0.3) is 0 Å². The van der Waals surface area contributed by atoms with Crippen molar-refractivity contribution >= 4 is 5.69 Å². The molecule has 0 aromatic heterocycles. The van der Waals surface area contributed by atoms with Crippen LogP contribution in [0.25, 0.3) is 0 Å². The quantitative estimate of drug-likeness (QED) is 0.867. The molecule has 1 heterocycles. The highest BCUT2D eigenvalue weighted by Crippen LogP contribution is 2.30. The van der Waals surface area contributed by atoms with Crippen LogP contribution in [0, 0.1) is 12.8 Å². The summed E-state index contributed by atoms with van der Waals surface area (Å²) < 4.78 is 0. The molecule has 94 valence electrons. The lowest BCUT2D eigenvalue weighted by molar-refractivity contribution is 0.394. The van der Waals surface area contributed by atoms with Crippen LogP contribution in [0.3, 0.4) is 0 Å². The molecular formula is C15H24N2. The Balaban J connectivity index is 2.17. The monoisotopic (exact) mass is 232 g/mol. The fraction of sp³-hybridized carbons (Fsp3) is 0.600. The van der Waals surface area contributed by atoms with E-state index in [9.17, 15) is 0 Å². The van der Waals surface area contributed by atoms with Gasteiger partial charge in [-0.25, -0.2) is 0 Å². The maximum absolute atomic E-state index is 5.85. The van der Waals surface area contributed by atoms with E-state index in [4.69, 9.17) is 5.73 Å². The molecule has 2 rings (SSSR count). The molecule has 0 aliphatic carbocycles. The molecular weight excluding hydrogens is 208 g/mol. The molecule has 1 aromatic carbocycles. The smallest absolute Gasteiger partial charge is 0.0441 e. The van der Waals surface area contributed by atoms with E-state index in [0.717, 1.165) is 5.92 Å². The Morgan fingerprint density at radius 1 is 1.29 bits per heavy atom. The summed E-state index contributed by atoms with van der Waals surface area (Å²) in [5.74, 6) is 0.927. The van der Waals surface area contributed by atoms with E-state index < -0.39 is 0 Å². The van der Waals surface area contributed by atoms with Crippen molar-refractivity contribution in [3.05, 3.63) is 29.3 Å². The van der Waals surface area contributed by atoms with Crippen molar-refractivity contribution in [3.63, 3.8) is 0 Å². The van der Waals surface area contributed by atoms with E-state index in [1.807, 2.05) is 0 Å². The molecule has 2 heteroatoms. The number of hydrogen-bond acceptors (Lipinski definition) is 2. The van der Waals surface area contributed by atoms with Gasteiger partial charge in [-0.3, -0.25) is 0 Å². The Morgan fingerprint density at radius 3 is 2.59 bits per heavy atom. The second-order valence-corrected chi connectivity index (χ2v) is 5.13. The number of piperidine rings is 1. The molecule has 0 spiro atoms. The Bertz CT molecular complexity index is 365. The number of nitrogens with zero attached hydrogens (tertiary/aromatic N) is 1. The van der Waals surface area contributed by atoms with Crippen molar-refractivity contribution in [1.82, 2.24) is 0 Å². The Hall–Kier alpha value is -1.02. The summed E-state index contributed by atoms with van der Waals surface area (Å²) in [7, 11) is 0. The van der Waals surface area contributed by atoms with Crippen molar-refractivity contribution in [2.45, 2.75) is 39.7 Å². The maximum Gasteiger partial charge on any atom is 0.0441 e. The third kappa shape index (κ3) is 2.63. The van der Waals surface area contributed by atoms with Gasteiger partial charge in [0.1, 0.15) is 0 Å². The summed E-state index contributed by atoms with van der Waals surface area (Å²) in [6, 6.07) is 6.47. The van der Waals surface area contributed by atoms with Crippen LogP contribution in [0.4, 0.5) is 5.69 Å². The summed E-state index contributed by atoms with van der Waals surface area (Å²) >= 11 is 0. The molecule has 0 atom stereocenters. The van der Waals surface area contributed by atoms with Gasteiger partial charge in [0.2, 0.25) is 0 Å². The van der Waals surface area contributed by atoms with Crippen LogP contribution in [0.5, 0.6) is 0 Å². The van der Waals surface area contributed by atoms with Crippen molar-refractivity contribution in [2.75, 3.05) is 18.0 Å². The number of hydrogen-bond donors (Lipinski definition) is 1. The van der Waals surface area contributed by atoms with E-state index in [1.165, 1.54) is 49.2 Å². The van der Waals surface area contributed by atoms with Crippen molar-refractivity contribution in [1.29, 1.82) is 0 Å². The summed E-state index contributed by atoms with van der Waals surface area (Å²) in [5.41, 5.74) is 9.90. The molecule has 17 heavy (non-hydrogen) atoms. The standard InChI is InChI=1S/C15H24N2/c1-3-13-7-9-17(10-8-13)15-12(2)5-4-6-14(15)11-16/h4-6,13H,3,7-11,16H2,1-2H3. The van der Waals surface area contributed by atoms with Gasteiger partial charge >= 0.3 is 0 Å². The zero-order valence-electron chi connectivity index (χ0n) is 11.1. The molecule has 1 saturated heterocycles. The van der Waals surface area contributed by atoms with Crippen molar-refractivity contribution in [2.24, 2.45) is 11.7 Å². The van der Waals surface area contributed by atoms with E-state index >= 15 is 0 Å². The van der Waals surface area contributed by atoms with Crippen LogP contribution >= 0.6 is 0 Å². The molecule has 1 aromatic rings. The van der Waals surface area contributed by atoms with Crippen LogP contribution in [-0.4, -0.2) is 13.1 Å². The summed E-state index contributed by atoms with van der Waals surface area (Å²) in [6.07, 6.45) is 3.98. The number of para-hydroxylation sites is 1. The van der Waals surface area contributed by atoms with Crippen LogP contribution in [0.15, 0.2) is 18.2 Å². The zero-order valence-corrected chi connectivity index (χ0v) is 11.1. The highest BCUT2D eigenvalue weighted by molar-refractivity contribution is 5.59. The summed E-state index contributed by atoms with van der Waals surface area (Å²) in [4.78, 5) is 2.53. The largest absolute Gasteiger partial charge is 0.371 e. The van der Waals surface area contributed by atoms with Crippen molar-refractivity contribution in [3.8, 4) is 0 Å². The average Bonchev–Trinajstić information content (AvgIpc) is 2.38. The first-order valence-electron chi connectivity index (χ1n) is 6.79. The van der Waals surface area contributed by atoms with Crippen molar-refractivity contribution < 1.29 is 0 Å². The average molecular weight is 232 g/mol. The minimum Gasteiger partial charge on any atom is -0.371 e. The number of nitrogens with two attached hydrogens (primary N) is 1. The SMILES string of the molecule is CCC1CCN(c2c(C)cccc2CN)CC1. The topological polar surface area (TPSA) is 29.3 Å². The molecule has 0 unspecified atom stereocenters. The molecule has 1 aliphatic heterocycles. The molecule has 0 amide bonds. The minimum absolute atomic E-state index is 0.644. The Kier molecular flexibility index (Phi) is 4.06. The first kappa shape index (κ1) is 12.4. The van der Waals surface area contributed by atoms with Gasteiger partial charge < -0.3 is 10.6 Å². The van der Waals surface area contributed by atoms with Gasteiger partial charge in [-0.15, -0.1) is 0 Å². The number of rotatable bonds is 3. The lowest BCUT2D eigenvalue weighted by Gasteiger charge is -2.35. The van der Waals surface area contributed by atoms with E-state index in [-0.39, 0.29) is 0 Å². The number of aryl methyl sites for hydroxylation is 1. The molecule has 2 nitrogen and oxygen atoms in total. The summed E-state index contributed by atoms with van der Waals surface area (Å²) in [6.45, 7) is 7.53. The normalized spacial score (nSPS) is 17.5. The fourth-order valence-corrected chi connectivity index (χ4v) is 2.90. The van der Waals surface area contributed by atoms with Gasteiger partial charge in [0.15, 0.2) is 0 Å². The third-order valence-corrected chi connectivity index (χ3v) is 4.05. The van der Waals surface area contributed by atoms with Gasteiger partial charge in [0, 0.05) is 25.3 Å². The van der Waals surface area contributed by atoms with Crippen LogP contribution in [-0.2, 0) is 6.54 Å². The predicted octanol–water partition coefficient (Wildman–Crippen LogP) is 3.08. The molecule has 0 radical (unpaired) electrons. The zero-order chi connectivity index (χ0) is 12.3. The predicted molar refractivity (Wildman–Crippen MR) is 74.3 cm³/mol. The van der Waals surface area contributed by atoms with E-state index in [1.54, 1.807) is 0 Å². The number of anilines is 1. The maximum atomic E-state index is 5.85. The third-order valence-electron chi connectivity index (χ3n) is 4.05. The molecule has 1 fully saturated rings. The number of benzene rings is 1. The minimum atomic E-state index is 0.644. The van der Waals surface area contributed by atoms with Gasteiger partial charge in [-0.1, -0.05) is 31.5 Å². The molecule has 0 saturated carbocycles. The van der Waals surface area contributed by atoms with E-state index in [2.05, 4.69) is 36.9 Å². The Morgan fingerprint density at radius 2 is 2.00 bits per heavy atom. The lowest BCUT2D eigenvalue weighted by Crippen LogP contribution is -2.34. The summed E-state index contributed by atoms with van der Waals surface area (Å²) in [5, 5.41) is 0. The second kappa shape index (κ2) is 5.54. The molecule has 2 N–H and O–H groups in total. The van der Waals surface area contributed by atoms with Gasteiger partial charge in [-0.2, -0.15) is 0 Å². The van der Waals surface area contributed by atoms with E-state index in [0.29, 0.717) is 6.54 Å². The first-order valence-corrected chi connectivity index (χ1v) is 6.79. The molecule has 1 aliphatic rings. The lowest BCUT2D eigenvalue weighted by atomic mass is 9.93. The Labute approximate surface area is 105 Å². The van der Waals surface area contributed by atoms with Crippen LogP contribution in [0.2, 0.25) is 0 Å². The second-order valence-electron chi connectivity index (χ2n) is 5.13. The van der Waals surface area contributed by atoms with Gasteiger partial charge in [0.05, 0.1) is 0 Å². The highest BCUT2D eigenvalue weighted by Gasteiger charge is 2.20. The fourth-order valence-electron chi connectivity index (χ4n) is 2.90.